The smallest absolute Gasteiger partial charge is 0.246 e. The molecule has 7 nitrogen and oxygen atoms in total. The van der Waals surface area contributed by atoms with Crippen LogP contribution in [0.2, 0.25) is 0 Å². The summed E-state index contributed by atoms with van der Waals surface area (Å²) >= 11 is 0. The molecule has 2 N–H and O–H groups in total. The molecule has 1 aliphatic heterocycles. The number of hydrogen-bond acceptors (Lipinski definition) is 5. The van der Waals surface area contributed by atoms with Gasteiger partial charge in [0, 0.05) is 45.0 Å². The van der Waals surface area contributed by atoms with Gasteiger partial charge in [-0.1, -0.05) is 0 Å². The van der Waals surface area contributed by atoms with Crippen molar-refractivity contribution in [3.63, 3.8) is 0 Å². The molecule has 21 heavy (non-hydrogen) atoms. The van der Waals surface area contributed by atoms with Crippen LogP contribution in [0.1, 0.15) is 19.3 Å². The van der Waals surface area contributed by atoms with Crippen molar-refractivity contribution in [1.29, 1.82) is 0 Å². The Balaban J connectivity index is 1.64. The summed E-state index contributed by atoms with van der Waals surface area (Å²) in [6.07, 6.45) is 6.37. The van der Waals surface area contributed by atoms with E-state index in [0.717, 1.165) is 19.5 Å². The topological polar surface area (TPSA) is 84.5 Å². The first-order valence-electron chi connectivity index (χ1n) is 7.58. The van der Waals surface area contributed by atoms with E-state index in [1.807, 2.05) is 0 Å². The molecule has 0 spiro atoms. The van der Waals surface area contributed by atoms with Gasteiger partial charge in [0.1, 0.15) is 4.90 Å². The van der Waals surface area contributed by atoms with Gasteiger partial charge in [0.25, 0.3) is 0 Å². The molecule has 1 saturated heterocycles. The van der Waals surface area contributed by atoms with Gasteiger partial charge >= 0.3 is 0 Å². The minimum Gasteiger partial charge on any atom is -0.330 e. The van der Waals surface area contributed by atoms with E-state index in [2.05, 4.69) is 10.00 Å². The third-order valence-electron chi connectivity index (χ3n) is 4.18. The first-order chi connectivity index (χ1) is 10.1. The van der Waals surface area contributed by atoms with Crippen molar-refractivity contribution in [2.75, 3.05) is 32.7 Å². The molecule has 118 valence electrons. The van der Waals surface area contributed by atoms with Crippen LogP contribution in [-0.4, -0.2) is 66.2 Å². The lowest BCUT2D eigenvalue weighted by molar-refractivity contribution is 0.180. The van der Waals surface area contributed by atoms with Crippen molar-refractivity contribution in [3.8, 4) is 0 Å². The molecule has 0 amide bonds. The molecule has 1 aromatic rings. The third-order valence-corrected chi connectivity index (χ3v) is 6.03. The van der Waals surface area contributed by atoms with Crippen LogP contribution in [0.15, 0.2) is 17.3 Å². The molecule has 2 aliphatic rings. The van der Waals surface area contributed by atoms with Crippen molar-refractivity contribution in [3.05, 3.63) is 12.4 Å². The number of rotatable bonds is 6. The number of sulfonamides is 1. The lowest BCUT2D eigenvalue weighted by atomic mass is 10.3. The normalized spacial score (nSPS) is 21.8. The average molecular weight is 313 g/mol. The maximum absolute atomic E-state index is 12.6. The number of nitrogens with zero attached hydrogens (tertiary/aromatic N) is 4. The molecule has 0 atom stereocenters. The molecular weight excluding hydrogens is 290 g/mol. The van der Waals surface area contributed by atoms with Crippen LogP contribution in [0.4, 0.5) is 0 Å². The van der Waals surface area contributed by atoms with Crippen LogP contribution in [0, 0.1) is 0 Å². The molecule has 2 heterocycles. The van der Waals surface area contributed by atoms with Gasteiger partial charge in [-0.15, -0.1) is 0 Å². The maximum Gasteiger partial charge on any atom is 0.246 e. The van der Waals surface area contributed by atoms with Crippen molar-refractivity contribution < 1.29 is 8.42 Å². The molecule has 0 aromatic carbocycles. The zero-order valence-electron chi connectivity index (χ0n) is 12.2. The van der Waals surface area contributed by atoms with Gasteiger partial charge in [0.05, 0.1) is 6.20 Å². The van der Waals surface area contributed by atoms with Crippen molar-refractivity contribution in [2.24, 2.45) is 5.73 Å². The zero-order chi connectivity index (χ0) is 14.9. The highest BCUT2D eigenvalue weighted by Gasteiger charge is 2.35. The van der Waals surface area contributed by atoms with Crippen molar-refractivity contribution >= 4 is 10.0 Å². The van der Waals surface area contributed by atoms with E-state index in [1.165, 1.54) is 19.0 Å². The SMILES string of the molecule is NCCCn1cc(S(=O)(=O)N2CCN(C3CC3)CC2)cn1. The minimum absolute atomic E-state index is 0.291. The summed E-state index contributed by atoms with van der Waals surface area (Å²) in [6, 6.07) is 0.703. The second kappa shape index (κ2) is 6.04. The summed E-state index contributed by atoms with van der Waals surface area (Å²) < 4.78 is 28.4. The molecular formula is C13H23N5O2S. The fraction of sp³-hybridized carbons (Fsp3) is 0.769. The summed E-state index contributed by atoms with van der Waals surface area (Å²) in [5, 5.41) is 4.11. The summed E-state index contributed by atoms with van der Waals surface area (Å²) in [5.41, 5.74) is 5.46. The fourth-order valence-electron chi connectivity index (χ4n) is 2.75. The number of aryl methyl sites for hydroxylation is 1. The Labute approximate surface area is 125 Å². The first-order valence-corrected chi connectivity index (χ1v) is 9.02. The predicted octanol–water partition coefficient (Wildman–Crippen LogP) is -0.299. The van der Waals surface area contributed by atoms with Crippen LogP contribution < -0.4 is 5.73 Å². The molecule has 0 radical (unpaired) electrons. The lowest BCUT2D eigenvalue weighted by Gasteiger charge is -2.33. The molecule has 1 aromatic heterocycles. The van der Waals surface area contributed by atoms with Crippen LogP contribution in [0.25, 0.3) is 0 Å². The van der Waals surface area contributed by atoms with Gasteiger partial charge in [-0.3, -0.25) is 9.58 Å². The first kappa shape index (κ1) is 15.0. The van der Waals surface area contributed by atoms with Gasteiger partial charge in [0.15, 0.2) is 0 Å². The Kier molecular flexibility index (Phi) is 4.30. The third kappa shape index (κ3) is 3.28. The van der Waals surface area contributed by atoms with Crippen molar-refractivity contribution in [1.82, 2.24) is 19.0 Å². The number of piperazine rings is 1. The van der Waals surface area contributed by atoms with Crippen LogP contribution >= 0.6 is 0 Å². The van der Waals surface area contributed by atoms with E-state index < -0.39 is 10.0 Å². The predicted molar refractivity (Wildman–Crippen MR) is 79.3 cm³/mol. The van der Waals surface area contributed by atoms with Crippen LogP contribution in [0.3, 0.4) is 0 Å². The largest absolute Gasteiger partial charge is 0.330 e. The molecule has 0 bridgehead atoms. The van der Waals surface area contributed by atoms with Gasteiger partial charge in [-0.05, 0) is 25.8 Å². The standard InChI is InChI=1S/C13H23N5O2S/c14-4-1-5-17-11-13(10-15-17)21(19,20)18-8-6-16(7-9-18)12-2-3-12/h10-12H,1-9,14H2. The van der Waals surface area contributed by atoms with Crippen LogP contribution in [0.5, 0.6) is 0 Å². The molecule has 2 fully saturated rings. The van der Waals surface area contributed by atoms with Crippen molar-refractivity contribution in [2.45, 2.75) is 36.7 Å². The average Bonchev–Trinajstić information content (AvgIpc) is 3.23. The van der Waals surface area contributed by atoms with E-state index in [0.29, 0.717) is 37.1 Å². The summed E-state index contributed by atoms with van der Waals surface area (Å²) in [5.74, 6) is 0. The van der Waals surface area contributed by atoms with Gasteiger partial charge in [0.2, 0.25) is 10.0 Å². The summed E-state index contributed by atoms with van der Waals surface area (Å²) in [7, 11) is -3.40. The Morgan fingerprint density at radius 2 is 1.95 bits per heavy atom. The van der Waals surface area contributed by atoms with Gasteiger partial charge < -0.3 is 5.73 Å². The Hall–Kier alpha value is -0.960. The number of aromatic nitrogens is 2. The quantitative estimate of drug-likeness (QED) is 0.779. The molecule has 0 unspecified atom stereocenters. The summed E-state index contributed by atoms with van der Waals surface area (Å²) in [4.78, 5) is 2.69. The Morgan fingerprint density at radius 3 is 2.57 bits per heavy atom. The summed E-state index contributed by atoms with van der Waals surface area (Å²) in [6.45, 7) is 4.06. The monoisotopic (exact) mass is 313 g/mol. The highest BCUT2D eigenvalue weighted by Crippen LogP contribution is 2.28. The lowest BCUT2D eigenvalue weighted by Crippen LogP contribution is -2.49. The molecule has 1 aliphatic carbocycles. The number of nitrogens with two attached hydrogens (primary N) is 1. The zero-order valence-corrected chi connectivity index (χ0v) is 13.0. The highest BCUT2D eigenvalue weighted by molar-refractivity contribution is 7.89. The molecule has 1 saturated carbocycles. The van der Waals surface area contributed by atoms with Gasteiger partial charge in [-0.2, -0.15) is 9.40 Å². The molecule has 8 heteroatoms. The second-order valence-electron chi connectivity index (χ2n) is 5.75. The molecule has 3 rings (SSSR count). The van der Waals surface area contributed by atoms with E-state index in [1.54, 1.807) is 15.2 Å². The van der Waals surface area contributed by atoms with E-state index in [-0.39, 0.29) is 0 Å². The Bertz CT molecular complexity index is 573. The van der Waals surface area contributed by atoms with Gasteiger partial charge in [-0.25, -0.2) is 8.42 Å². The fourth-order valence-corrected chi connectivity index (χ4v) is 4.13. The minimum atomic E-state index is -3.40. The Morgan fingerprint density at radius 1 is 1.24 bits per heavy atom. The van der Waals surface area contributed by atoms with E-state index in [9.17, 15) is 8.42 Å². The van der Waals surface area contributed by atoms with E-state index >= 15 is 0 Å². The second-order valence-corrected chi connectivity index (χ2v) is 7.69. The maximum atomic E-state index is 12.6. The van der Waals surface area contributed by atoms with Crippen LogP contribution in [-0.2, 0) is 16.6 Å². The highest BCUT2D eigenvalue weighted by atomic mass is 32.2. The number of hydrogen-bond donors (Lipinski definition) is 1. The van der Waals surface area contributed by atoms with E-state index in [4.69, 9.17) is 5.73 Å².